The van der Waals surface area contributed by atoms with Crippen LogP contribution in [0.4, 0.5) is 0 Å². The maximum Gasteiger partial charge on any atom is 0.322 e. The number of nitrogens with zero attached hydrogens (tertiary/aromatic N) is 1. The lowest BCUT2D eigenvalue weighted by Gasteiger charge is -2.01. The molecular formula is C9H10N2O3S. The molecule has 0 spiro atoms. The quantitative estimate of drug-likeness (QED) is 0.709. The van der Waals surface area contributed by atoms with Crippen LogP contribution in [-0.4, -0.2) is 34.3 Å². The Bertz CT molecular complexity index is 342. The van der Waals surface area contributed by atoms with Crippen LogP contribution in [0.15, 0.2) is 29.4 Å². The van der Waals surface area contributed by atoms with Gasteiger partial charge in [0.2, 0.25) is 5.91 Å². The third kappa shape index (κ3) is 5.02. The minimum atomic E-state index is -1.05. The predicted octanol–water partition coefficient (Wildman–Crippen LogP) is 0.374. The highest BCUT2D eigenvalue weighted by atomic mass is 32.2. The van der Waals surface area contributed by atoms with Gasteiger partial charge in [-0.3, -0.25) is 9.59 Å². The maximum atomic E-state index is 11.1. The summed E-state index contributed by atoms with van der Waals surface area (Å²) in [5, 5.41) is 11.3. The van der Waals surface area contributed by atoms with Gasteiger partial charge >= 0.3 is 5.97 Å². The average molecular weight is 226 g/mol. The number of hydrogen-bond donors (Lipinski definition) is 2. The van der Waals surface area contributed by atoms with Gasteiger partial charge in [-0.15, -0.1) is 0 Å². The van der Waals surface area contributed by atoms with Gasteiger partial charge in [-0.1, -0.05) is 17.8 Å². The van der Waals surface area contributed by atoms with Crippen LogP contribution in [-0.2, 0) is 9.59 Å². The molecule has 0 bridgehead atoms. The maximum absolute atomic E-state index is 11.1. The number of amides is 1. The molecule has 1 heterocycles. The van der Waals surface area contributed by atoms with E-state index in [-0.39, 0.29) is 18.2 Å². The number of carbonyl (C=O) groups excluding carboxylic acids is 1. The molecule has 0 aliphatic rings. The van der Waals surface area contributed by atoms with Gasteiger partial charge in [-0.25, -0.2) is 4.98 Å². The minimum absolute atomic E-state index is 0.171. The molecule has 0 aliphatic heterocycles. The lowest BCUT2D eigenvalue weighted by atomic mass is 10.5. The third-order valence-electron chi connectivity index (χ3n) is 1.43. The smallest absolute Gasteiger partial charge is 0.322 e. The number of carbonyl (C=O) groups is 2. The fourth-order valence-corrected chi connectivity index (χ4v) is 1.49. The fourth-order valence-electron chi connectivity index (χ4n) is 0.797. The number of rotatable bonds is 5. The lowest BCUT2D eigenvalue weighted by molar-refractivity contribution is -0.137. The molecule has 0 saturated carbocycles. The molecule has 0 saturated heterocycles. The van der Waals surface area contributed by atoms with Crippen LogP contribution in [0.1, 0.15) is 0 Å². The highest BCUT2D eigenvalue weighted by Crippen LogP contribution is 2.12. The van der Waals surface area contributed by atoms with E-state index in [2.05, 4.69) is 10.3 Å². The van der Waals surface area contributed by atoms with Crippen LogP contribution in [0.3, 0.4) is 0 Å². The molecule has 0 aromatic carbocycles. The van der Waals surface area contributed by atoms with Gasteiger partial charge in [-0.05, 0) is 12.1 Å². The molecule has 1 aromatic heterocycles. The van der Waals surface area contributed by atoms with E-state index < -0.39 is 5.97 Å². The number of thioether (sulfide) groups is 1. The highest BCUT2D eigenvalue weighted by molar-refractivity contribution is 7.99. The topological polar surface area (TPSA) is 79.3 Å². The summed E-state index contributed by atoms with van der Waals surface area (Å²) >= 11 is 1.26. The number of carboxylic acid groups (broad SMARTS) is 1. The minimum Gasteiger partial charge on any atom is -0.480 e. The molecular weight excluding hydrogens is 216 g/mol. The van der Waals surface area contributed by atoms with E-state index in [1.807, 2.05) is 6.07 Å². The summed E-state index contributed by atoms with van der Waals surface area (Å²) in [4.78, 5) is 25.3. The van der Waals surface area contributed by atoms with Crippen molar-refractivity contribution in [2.75, 3.05) is 12.3 Å². The van der Waals surface area contributed by atoms with E-state index in [1.54, 1.807) is 18.3 Å². The van der Waals surface area contributed by atoms with Crippen LogP contribution in [0.25, 0.3) is 0 Å². The average Bonchev–Trinajstić information content (AvgIpc) is 2.25. The van der Waals surface area contributed by atoms with Gasteiger partial charge < -0.3 is 10.4 Å². The Morgan fingerprint density at radius 2 is 2.27 bits per heavy atom. The molecule has 80 valence electrons. The van der Waals surface area contributed by atoms with Crippen molar-refractivity contribution in [3.63, 3.8) is 0 Å². The normalized spacial score (nSPS) is 9.60. The second-order valence-corrected chi connectivity index (χ2v) is 3.62. The number of nitrogens with one attached hydrogen (secondary N) is 1. The van der Waals surface area contributed by atoms with Gasteiger partial charge in [0, 0.05) is 6.20 Å². The summed E-state index contributed by atoms with van der Waals surface area (Å²) in [6.07, 6.45) is 1.64. The zero-order valence-electron chi connectivity index (χ0n) is 7.84. The number of carboxylic acids is 1. The van der Waals surface area contributed by atoms with E-state index in [0.717, 1.165) is 5.03 Å². The van der Waals surface area contributed by atoms with Gasteiger partial charge in [0.15, 0.2) is 0 Å². The van der Waals surface area contributed by atoms with Crippen molar-refractivity contribution in [2.24, 2.45) is 0 Å². The van der Waals surface area contributed by atoms with Crippen molar-refractivity contribution in [1.29, 1.82) is 0 Å². The molecule has 6 heteroatoms. The summed E-state index contributed by atoms with van der Waals surface area (Å²) in [5.41, 5.74) is 0. The Labute approximate surface area is 90.9 Å². The largest absolute Gasteiger partial charge is 0.480 e. The Hall–Kier alpha value is -1.56. The van der Waals surface area contributed by atoms with E-state index in [9.17, 15) is 9.59 Å². The van der Waals surface area contributed by atoms with Crippen LogP contribution in [0, 0.1) is 0 Å². The summed E-state index contributed by atoms with van der Waals surface area (Å²) in [6, 6.07) is 5.40. The van der Waals surface area contributed by atoms with E-state index in [1.165, 1.54) is 11.8 Å². The molecule has 1 amide bonds. The van der Waals surface area contributed by atoms with Gasteiger partial charge in [0.1, 0.15) is 6.54 Å². The number of pyridine rings is 1. The molecule has 1 rings (SSSR count). The predicted molar refractivity (Wildman–Crippen MR) is 55.6 cm³/mol. The van der Waals surface area contributed by atoms with Crippen LogP contribution < -0.4 is 5.32 Å². The Morgan fingerprint density at radius 1 is 1.47 bits per heavy atom. The summed E-state index contributed by atoms with van der Waals surface area (Å²) in [6.45, 7) is -0.346. The Morgan fingerprint density at radius 3 is 2.87 bits per heavy atom. The van der Waals surface area contributed by atoms with Crippen LogP contribution in [0.2, 0.25) is 0 Å². The molecule has 5 nitrogen and oxygen atoms in total. The second-order valence-electron chi connectivity index (χ2n) is 2.63. The first kappa shape index (κ1) is 11.5. The standard InChI is InChI=1S/C9H10N2O3S/c12-7(11-5-9(13)14)6-15-8-3-1-2-4-10-8/h1-4H,5-6H2,(H,11,12)(H,13,14). The van der Waals surface area contributed by atoms with E-state index in [4.69, 9.17) is 5.11 Å². The van der Waals surface area contributed by atoms with Crippen molar-refractivity contribution in [3.05, 3.63) is 24.4 Å². The number of aromatic nitrogens is 1. The number of aliphatic carboxylic acids is 1. The van der Waals surface area contributed by atoms with E-state index >= 15 is 0 Å². The Balaban J connectivity index is 2.26. The summed E-state index contributed by atoms with van der Waals surface area (Å²) < 4.78 is 0. The zero-order chi connectivity index (χ0) is 11.1. The van der Waals surface area contributed by atoms with Crippen molar-refractivity contribution in [1.82, 2.24) is 10.3 Å². The molecule has 1 aromatic rings. The monoisotopic (exact) mass is 226 g/mol. The lowest BCUT2D eigenvalue weighted by Crippen LogP contribution is -2.30. The van der Waals surface area contributed by atoms with Crippen molar-refractivity contribution < 1.29 is 14.7 Å². The Kier molecular flexibility index (Phi) is 4.62. The fraction of sp³-hybridized carbons (Fsp3) is 0.222. The first-order chi connectivity index (χ1) is 7.18. The van der Waals surface area contributed by atoms with Crippen molar-refractivity contribution >= 4 is 23.6 Å². The third-order valence-corrected chi connectivity index (χ3v) is 2.37. The van der Waals surface area contributed by atoms with Crippen molar-refractivity contribution in [2.45, 2.75) is 5.03 Å². The molecule has 15 heavy (non-hydrogen) atoms. The van der Waals surface area contributed by atoms with Gasteiger partial charge in [0.25, 0.3) is 0 Å². The zero-order valence-corrected chi connectivity index (χ0v) is 8.66. The van der Waals surface area contributed by atoms with Crippen molar-refractivity contribution in [3.8, 4) is 0 Å². The van der Waals surface area contributed by atoms with Crippen LogP contribution >= 0.6 is 11.8 Å². The molecule has 0 atom stereocenters. The van der Waals surface area contributed by atoms with Gasteiger partial charge in [-0.2, -0.15) is 0 Å². The highest BCUT2D eigenvalue weighted by Gasteiger charge is 2.04. The molecule has 0 radical (unpaired) electrons. The number of hydrogen-bond acceptors (Lipinski definition) is 4. The molecule has 0 aliphatic carbocycles. The SMILES string of the molecule is O=C(O)CNC(=O)CSc1ccccn1. The molecule has 0 unspecified atom stereocenters. The molecule has 2 N–H and O–H groups in total. The summed E-state index contributed by atoms with van der Waals surface area (Å²) in [5.74, 6) is -1.19. The second kappa shape index (κ2) is 6.02. The van der Waals surface area contributed by atoms with E-state index in [0.29, 0.717) is 0 Å². The molecule has 0 fully saturated rings. The van der Waals surface area contributed by atoms with Gasteiger partial charge in [0.05, 0.1) is 10.8 Å². The van der Waals surface area contributed by atoms with Crippen LogP contribution in [0.5, 0.6) is 0 Å². The first-order valence-electron chi connectivity index (χ1n) is 4.21. The summed E-state index contributed by atoms with van der Waals surface area (Å²) in [7, 11) is 0. The first-order valence-corrected chi connectivity index (χ1v) is 5.19.